The zero-order valence-corrected chi connectivity index (χ0v) is 13.8. The van der Waals surface area contributed by atoms with Crippen molar-refractivity contribution in [2.75, 3.05) is 13.2 Å². The number of carbonyl (C=O) groups is 1. The summed E-state index contributed by atoms with van der Waals surface area (Å²) in [6.07, 6.45) is 0. The summed E-state index contributed by atoms with van der Waals surface area (Å²) >= 11 is 0. The highest BCUT2D eigenvalue weighted by molar-refractivity contribution is 7.90. The van der Waals surface area contributed by atoms with Crippen LogP contribution in [0.5, 0.6) is 5.75 Å². The average Bonchev–Trinajstić information content (AvgIpc) is 2.72. The zero-order valence-electron chi connectivity index (χ0n) is 12.9. The summed E-state index contributed by atoms with van der Waals surface area (Å²) < 4.78 is 31.4. The Kier molecular flexibility index (Phi) is 3.85. The first-order valence-corrected chi connectivity index (χ1v) is 8.71. The third-order valence-corrected chi connectivity index (χ3v) is 5.65. The van der Waals surface area contributed by atoms with E-state index in [1.54, 1.807) is 12.1 Å². The lowest BCUT2D eigenvalue weighted by molar-refractivity contribution is 0.0857. The zero-order chi connectivity index (χ0) is 16.6. The fraction of sp³-hybridized carbons (Fsp3) is 0.235. The van der Waals surface area contributed by atoms with Crippen molar-refractivity contribution in [2.45, 2.75) is 18.7 Å². The van der Waals surface area contributed by atoms with Crippen LogP contribution in [0.3, 0.4) is 0 Å². The molecule has 0 spiro atoms. The second kappa shape index (κ2) is 5.70. The molecule has 3 rings (SSSR count). The quantitative estimate of drug-likeness (QED) is 0.863. The van der Waals surface area contributed by atoms with Gasteiger partial charge in [0.25, 0.3) is 15.9 Å². The van der Waals surface area contributed by atoms with Crippen LogP contribution < -0.4 is 4.74 Å². The lowest BCUT2D eigenvalue weighted by atomic mass is 10.1. The van der Waals surface area contributed by atoms with Crippen LogP contribution in [0.25, 0.3) is 0 Å². The predicted octanol–water partition coefficient (Wildman–Crippen LogP) is 2.53. The number of aryl methyl sites for hydroxylation is 2. The van der Waals surface area contributed by atoms with Crippen molar-refractivity contribution in [3.63, 3.8) is 0 Å². The van der Waals surface area contributed by atoms with Gasteiger partial charge in [-0.15, -0.1) is 0 Å². The van der Waals surface area contributed by atoms with Gasteiger partial charge in [-0.1, -0.05) is 24.3 Å². The van der Waals surface area contributed by atoms with E-state index in [1.807, 2.05) is 32.0 Å². The van der Waals surface area contributed by atoms with E-state index in [9.17, 15) is 13.2 Å². The lowest BCUT2D eigenvalue weighted by Crippen LogP contribution is -2.33. The van der Waals surface area contributed by atoms with E-state index in [0.717, 1.165) is 15.4 Å². The van der Waals surface area contributed by atoms with E-state index in [4.69, 9.17) is 4.74 Å². The van der Waals surface area contributed by atoms with E-state index >= 15 is 0 Å². The Labute approximate surface area is 135 Å². The monoisotopic (exact) mass is 331 g/mol. The van der Waals surface area contributed by atoms with Gasteiger partial charge in [-0.25, -0.2) is 12.7 Å². The highest BCUT2D eigenvalue weighted by Gasteiger charge is 2.40. The smallest absolute Gasteiger partial charge is 0.269 e. The maximum atomic E-state index is 12.4. The molecule has 0 N–H and O–H groups in total. The number of ether oxygens (including phenoxy) is 1. The molecule has 0 radical (unpaired) electrons. The van der Waals surface area contributed by atoms with Gasteiger partial charge in [0.05, 0.1) is 12.1 Å². The number of nitrogens with zero attached hydrogens (tertiary/aromatic N) is 1. The van der Waals surface area contributed by atoms with Gasteiger partial charge in [0.1, 0.15) is 17.3 Å². The van der Waals surface area contributed by atoms with Gasteiger partial charge in [-0.2, -0.15) is 0 Å². The number of rotatable bonds is 4. The first-order valence-electron chi connectivity index (χ1n) is 7.27. The predicted molar refractivity (Wildman–Crippen MR) is 86.1 cm³/mol. The molecule has 0 saturated heterocycles. The van der Waals surface area contributed by atoms with Crippen LogP contribution in [-0.4, -0.2) is 31.8 Å². The van der Waals surface area contributed by atoms with Crippen molar-refractivity contribution < 1.29 is 17.9 Å². The molecule has 0 saturated carbocycles. The number of fused-ring (bicyclic) bond motifs is 1. The molecule has 0 atom stereocenters. The molecule has 1 heterocycles. The third-order valence-electron chi connectivity index (χ3n) is 3.81. The molecular weight excluding hydrogens is 314 g/mol. The van der Waals surface area contributed by atoms with Crippen LogP contribution >= 0.6 is 0 Å². The fourth-order valence-corrected chi connectivity index (χ4v) is 4.11. The van der Waals surface area contributed by atoms with Gasteiger partial charge in [0, 0.05) is 0 Å². The van der Waals surface area contributed by atoms with Crippen LogP contribution in [0, 0.1) is 13.8 Å². The molecule has 0 unspecified atom stereocenters. The molecule has 1 aliphatic heterocycles. The largest absolute Gasteiger partial charge is 0.491 e. The molecular formula is C17H17NO4S. The van der Waals surface area contributed by atoms with Crippen LogP contribution in [0.2, 0.25) is 0 Å². The average molecular weight is 331 g/mol. The van der Waals surface area contributed by atoms with Gasteiger partial charge in [0.15, 0.2) is 0 Å². The molecule has 23 heavy (non-hydrogen) atoms. The third kappa shape index (κ3) is 2.70. The summed E-state index contributed by atoms with van der Waals surface area (Å²) in [7, 11) is -3.76. The molecule has 0 aromatic heterocycles. The number of benzene rings is 2. The molecule has 0 fully saturated rings. The topological polar surface area (TPSA) is 63.7 Å². The molecule has 0 aliphatic carbocycles. The summed E-state index contributed by atoms with van der Waals surface area (Å²) in [5, 5.41) is 0. The Morgan fingerprint density at radius 3 is 2.57 bits per heavy atom. The van der Waals surface area contributed by atoms with E-state index in [0.29, 0.717) is 5.75 Å². The fourth-order valence-electron chi connectivity index (χ4n) is 2.55. The number of sulfonamides is 1. The van der Waals surface area contributed by atoms with E-state index in [2.05, 4.69) is 0 Å². The maximum absolute atomic E-state index is 12.4. The molecule has 120 valence electrons. The van der Waals surface area contributed by atoms with Crippen molar-refractivity contribution in [3.8, 4) is 5.75 Å². The van der Waals surface area contributed by atoms with Gasteiger partial charge in [-0.05, 0) is 43.2 Å². The number of hydrogen-bond donors (Lipinski definition) is 0. The minimum atomic E-state index is -3.76. The molecule has 5 nitrogen and oxygen atoms in total. The maximum Gasteiger partial charge on any atom is 0.269 e. The van der Waals surface area contributed by atoms with Crippen molar-refractivity contribution in [1.29, 1.82) is 0 Å². The number of carbonyl (C=O) groups excluding carboxylic acids is 1. The van der Waals surface area contributed by atoms with Crippen molar-refractivity contribution >= 4 is 15.9 Å². The Balaban J connectivity index is 1.75. The van der Waals surface area contributed by atoms with Crippen LogP contribution in [0.1, 0.15) is 21.5 Å². The van der Waals surface area contributed by atoms with Gasteiger partial charge in [-0.3, -0.25) is 4.79 Å². The second-order valence-electron chi connectivity index (χ2n) is 5.50. The van der Waals surface area contributed by atoms with Crippen LogP contribution in [0.4, 0.5) is 0 Å². The van der Waals surface area contributed by atoms with E-state index < -0.39 is 15.9 Å². The number of hydrogen-bond acceptors (Lipinski definition) is 4. The minimum absolute atomic E-state index is 0.0107. The SMILES string of the molecule is Cc1ccc(C)c(OCCN2C(=O)c3ccccc3S2(=O)=O)c1. The van der Waals surface area contributed by atoms with Crippen molar-refractivity contribution in [2.24, 2.45) is 0 Å². The Bertz CT molecular complexity index is 874. The molecule has 6 heteroatoms. The summed E-state index contributed by atoms with van der Waals surface area (Å²) in [6, 6.07) is 12.1. The normalized spacial score (nSPS) is 15.6. The molecule has 0 bridgehead atoms. The summed E-state index contributed by atoms with van der Waals surface area (Å²) in [6.45, 7) is 3.98. The molecule has 1 aliphatic rings. The summed E-state index contributed by atoms with van der Waals surface area (Å²) in [5.74, 6) is 0.205. The first kappa shape index (κ1) is 15.6. The highest BCUT2D eigenvalue weighted by Crippen LogP contribution is 2.29. The standard InChI is InChI=1S/C17H17NO4S/c1-12-7-8-13(2)15(11-12)22-10-9-18-17(19)14-5-3-4-6-16(14)23(18,20)21/h3-8,11H,9-10H2,1-2H3. The molecule has 1 amide bonds. The first-order chi connectivity index (χ1) is 10.9. The highest BCUT2D eigenvalue weighted by atomic mass is 32.2. The Morgan fingerprint density at radius 1 is 1.09 bits per heavy atom. The lowest BCUT2D eigenvalue weighted by Gasteiger charge is -2.16. The minimum Gasteiger partial charge on any atom is -0.491 e. The summed E-state index contributed by atoms with van der Waals surface area (Å²) in [5.41, 5.74) is 2.25. The Hall–Kier alpha value is -2.34. The van der Waals surface area contributed by atoms with E-state index in [1.165, 1.54) is 12.1 Å². The van der Waals surface area contributed by atoms with Crippen LogP contribution in [-0.2, 0) is 10.0 Å². The number of amides is 1. The van der Waals surface area contributed by atoms with Gasteiger partial charge < -0.3 is 4.74 Å². The van der Waals surface area contributed by atoms with Gasteiger partial charge >= 0.3 is 0 Å². The van der Waals surface area contributed by atoms with Crippen molar-refractivity contribution in [1.82, 2.24) is 4.31 Å². The van der Waals surface area contributed by atoms with Crippen LogP contribution in [0.15, 0.2) is 47.4 Å². The molecule has 2 aromatic carbocycles. The van der Waals surface area contributed by atoms with Gasteiger partial charge in [0.2, 0.25) is 0 Å². The second-order valence-corrected chi connectivity index (χ2v) is 7.33. The molecule has 2 aromatic rings. The summed E-state index contributed by atoms with van der Waals surface area (Å²) in [4.78, 5) is 12.3. The Morgan fingerprint density at radius 2 is 1.83 bits per heavy atom. The van der Waals surface area contributed by atoms with E-state index in [-0.39, 0.29) is 23.6 Å². The van der Waals surface area contributed by atoms with Crippen molar-refractivity contribution in [3.05, 3.63) is 59.2 Å².